The van der Waals surface area contributed by atoms with Gasteiger partial charge in [0.1, 0.15) is 0 Å². The van der Waals surface area contributed by atoms with Crippen LogP contribution in [-0.4, -0.2) is 19.6 Å². The third kappa shape index (κ3) is 2.26. The quantitative estimate of drug-likeness (QED) is 0.873. The zero-order valence-corrected chi connectivity index (χ0v) is 12.0. The molecular weight excluding hydrogens is 240 g/mol. The lowest BCUT2D eigenvalue weighted by Gasteiger charge is -2.19. The SMILES string of the molecule is CCc1cc(C(N)COC)c2c(c1)C(C)(C)C(=O)N2. The monoisotopic (exact) mass is 262 g/mol. The second-order valence-corrected chi connectivity index (χ2v) is 5.60. The molecule has 19 heavy (non-hydrogen) atoms. The van der Waals surface area contributed by atoms with Gasteiger partial charge >= 0.3 is 0 Å². The van der Waals surface area contributed by atoms with Crippen molar-refractivity contribution in [2.45, 2.75) is 38.6 Å². The Balaban J connectivity index is 2.57. The van der Waals surface area contributed by atoms with Crippen LogP contribution in [0.1, 0.15) is 43.5 Å². The summed E-state index contributed by atoms with van der Waals surface area (Å²) in [6, 6.07) is 3.96. The van der Waals surface area contributed by atoms with Gasteiger partial charge < -0.3 is 15.8 Å². The Morgan fingerprint density at radius 3 is 2.68 bits per heavy atom. The number of amides is 1. The maximum atomic E-state index is 12.1. The number of carbonyl (C=O) groups excluding carboxylic acids is 1. The number of aryl methyl sites for hydroxylation is 1. The summed E-state index contributed by atoms with van der Waals surface area (Å²) in [6.45, 7) is 6.43. The number of nitrogens with two attached hydrogens (primary N) is 1. The molecule has 4 nitrogen and oxygen atoms in total. The van der Waals surface area contributed by atoms with Crippen LogP contribution >= 0.6 is 0 Å². The Hall–Kier alpha value is -1.39. The smallest absolute Gasteiger partial charge is 0.234 e. The van der Waals surface area contributed by atoms with Gasteiger partial charge in [0, 0.05) is 12.8 Å². The molecule has 104 valence electrons. The fourth-order valence-corrected chi connectivity index (χ4v) is 2.52. The first kappa shape index (κ1) is 14.0. The average Bonchev–Trinajstić information content (AvgIpc) is 2.60. The molecule has 3 N–H and O–H groups in total. The summed E-state index contributed by atoms with van der Waals surface area (Å²) in [6.07, 6.45) is 0.921. The number of carbonyl (C=O) groups is 1. The van der Waals surface area contributed by atoms with Gasteiger partial charge in [-0.25, -0.2) is 0 Å². The summed E-state index contributed by atoms with van der Waals surface area (Å²) in [5.74, 6) is 0.0293. The average molecular weight is 262 g/mol. The fourth-order valence-electron chi connectivity index (χ4n) is 2.52. The highest BCUT2D eigenvalue weighted by atomic mass is 16.5. The molecule has 2 rings (SSSR count). The van der Waals surface area contributed by atoms with Crippen LogP contribution in [0, 0.1) is 0 Å². The normalized spacial score (nSPS) is 18.1. The van der Waals surface area contributed by atoms with Crippen molar-refractivity contribution in [3.05, 3.63) is 28.8 Å². The molecule has 0 bridgehead atoms. The molecule has 0 aliphatic carbocycles. The van der Waals surface area contributed by atoms with Gasteiger partial charge in [0.25, 0.3) is 0 Å². The van der Waals surface area contributed by atoms with Gasteiger partial charge in [0.15, 0.2) is 0 Å². The molecule has 0 aromatic heterocycles. The highest BCUT2D eigenvalue weighted by Gasteiger charge is 2.40. The van der Waals surface area contributed by atoms with Gasteiger partial charge in [-0.05, 0) is 37.0 Å². The number of nitrogens with one attached hydrogen (secondary N) is 1. The molecule has 1 aromatic rings. The summed E-state index contributed by atoms with van der Waals surface area (Å²) < 4.78 is 5.13. The molecule has 1 unspecified atom stereocenters. The number of fused-ring (bicyclic) bond motifs is 1. The highest BCUT2D eigenvalue weighted by Crippen LogP contribution is 2.41. The number of hydrogen-bond acceptors (Lipinski definition) is 3. The lowest BCUT2D eigenvalue weighted by molar-refractivity contribution is -0.119. The number of anilines is 1. The molecule has 1 aliphatic rings. The third-order valence-electron chi connectivity index (χ3n) is 3.86. The van der Waals surface area contributed by atoms with Crippen LogP contribution in [0.3, 0.4) is 0 Å². The van der Waals surface area contributed by atoms with E-state index >= 15 is 0 Å². The Bertz CT molecular complexity index is 509. The van der Waals surface area contributed by atoms with E-state index in [0.29, 0.717) is 6.61 Å². The van der Waals surface area contributed by atoms with Crippen LogP contribution in [0.2, 0.25) is 0 Å². The lowest BCUT2D eigenvalue weighted by Crippen LogP contribution is -2.26. The van der Waals surface area contributed by atoms with Crippen molar-refractivity contribution in [3.8, 4) is 0 Å². The van der Waals surface area contributed by atoms with E-state index in [9.17, 15) is 4.79 Å². The first-order chi connectivity index (χ1) is 8.91. The maximum Gasteiger partial charge on any atom is 0.234 e. The second kappa shape index (κ2) is 4.94. The van der Waals surface area contributed by atoms with E-state index in [0.717, 1.165) is 23.2 Å². The van der Waals surface area contributed by atoms with Crippen molar-refractivity contribution in [2.75, 3.05) is 19.0 Å². The fraction of sp³-hybridized carbons (Fsp3) is 0.533. The van der Waals surface area contributed by atoms with Gasteiger partial charge in [0.05, 0.1) is 18.1 Å². The molecule has 0 saturated carbocycles. The minimum Gasteiger partial charge on any atom is -0.383 e. The van der Waals surface area contributed by atoms with E-state index < -0.39 is 5.41 Å². The Labute approximate surface area is 114 Å². The molecule has 0 spiro atoms. The summed E-state index contributed by atoms with van der Waals surface area (Å²) in [7, 11) is 1.63. The van der Waals surface area contributed by atoms with Crippen LogP contribution in [0.5, 0.6) is 0 Å². The predicted molar refractivity (Wildman–Crippen MR) is 76.3 cm³/mol. The molecule has 0 saturated heterocycles. The Morgan fingerprint density at radius 2 is 2.11 bits per heavy atom. The number of rotatable bonds is 4. The van der Waals surface area contributed by atoms with Crippen LogP contribution in [0.4, 0.5) is 5.69 Å². The van der Waals surface area contributed by atoms with E-state index in [1.165, 1.54) is 5.56 Å². The maximum absolute atomic E-state index is 12.1. The molecule has 1 aromatic carbocycles. The van der Waals surface area contributed by atoms with Crippen molar-refractivity contribution in [1.29, 1.82) is 0 Å². The molecule has 4 heteroatoms. The van der Waals surface area contributed by atoms with E-state index in [1.54, 1.807) is 7.11 Å². The molecule has 1 heterocycles. The van der Waals surface area contributed by atoms with Crippen molar-refractivity contribution in [1.82, 2.24) is 0 Å². The first-order valence-corrected chi connectivity index (χ1v) is 6.65. The zero-order valence-electron chi connectivity index (χ0n) is 12.0. The number of methoxy groups -OCH3 is 1. The van der Waals surface area contributed by atoms with Crippen LogP contribution in [0.25, 0.3) is 0 Å². The second-order valence-electron chi connectivity index (χ2n) is 5.60. The molecule has 1 amide bonds. The largest absolute Gasteiger partial charge is 0.383 e. The van der Waals surface area contributed by atoms with Crippen molar-refractivity contribution in [2.24, 2.45) is 5.73 Å². The first-order valence-electron chi connectivity index (χ1n) is 6.65. The van der Waals surface area contributed by atoms with Crippen molar-refractivity contribution >= 4 is 11.6 Å². The number of ether oxygens (including phenoxy) is 1. The number of benzene rings is 1. The van der Waals surface area contributed by atoms with Crippen LogP contribution in [0.15, 0.2) is 12.1 Å². The third-order valence-corrected chi connectivity index (χ3v) is 3.86. The van der Waals surface area contributed by atoms with E-state index in [4.69, 9.17) is 10.5 Å². The summed E-state index contributed by atoms with van der Waals surface area (Å²) in [4.78, 5) is 12.1. The van der Waals surface area contributed by atoms with Gasteiger partial charge in [0.2, 0.25) is 5.91 Å². The number of hydrogen-bond donors (Lipinski definition) is 2. The minimum absolute atomic E-state index is 0.0293. The van der Waals surface area contributed by atoms with E-state index in [2.05, 4.69) is 24.4 Å². The van der Waals surface area contributed by atoms with E-state index in [-0.39, 0.29) is 11.9 Å². The van der Waals surface area contributed by atoms with Gasteiger partial charge in [-0.1, -0.05) is 19.1 Å². The van der Waals surface area contributed by atoms with Crippen LogP contribution < -0.4 is 11.1 Å². The van der Waals surface area contributed by atoms with Gasteiger partial charge in [-0.2, -0.15) is 0 Å². The van der Waals surface area contributed by atoms with Crippen LogP contribution in [-0.2, 0) is 21.4 Å². The van der Waals surface area contributed by atoms with Gasteiger partial charge in [-0.15, -0.1) is 0 Å². The predicted octanol–water partition coefficient (Wildman–Crippen LogP) is 2.12. The minimum atomic E-state index is -0.498. The Morgan fingerprint density at radius 1 is 1.42 bits per heavy atom. The van der Waals surface area contributed by atoms with Crippen molar-refractivity contribution < 1.29 is 9.53 Å². The molecular formula is C15H22N2O2. The van der Waals surface area contributed by atoms with Gasteiger partial charge in [-0.3, -0.25) is 4.79 Å². The standard InChI is InChI=1S/C15H22N2O2/c1-5-9-6-10(12(16)8-19-4)13-11(7-9)15(2,3)14(18)17-13/h6-7,12H,5,8,16H2,1-4H3,(H,17,18). The molecule has 0 radical (unpaired) electrons. The molecule has 1 atom stereocenters. The topological polar surface area (TPSA) is 64.3 Å². The van der Waals surface area contributed by atoms with Crippen molar-refractivity contribution in [3.63, 3.8) is 0 Å². The molecule has 0 fully saturated rings. The highest BCUT2D eigenvalue weighted by molar-refractivity contribution is 6.06. The molecule has 1 aliphatic heterocycles. The summed E-state index contributed by atoms with van der Waals surface area (Å²) in [5, 5.41) is 2.97. The lowest BCUT2D eigenvalue weighted by atomic mass is 9.83. The summed E-state index contributed by atoms with van der Waals surface area (Å²) >= 11 is 0. The summed E-state index contributed by atoms with van der Waals surface area (Å²) in [5.41, 5.74) is 9.74. The van der Waals surface area contributed by atoms with E-state index in [1.807, 2.05) is 13.8 Å². The Kier molecular flexibility index (Phi) is 3.65. The zero-order chi connectivity index (χ0) is 14.2.